The standard InChI is InChI=1S/C15H21ClN4/c1-4-13-15(16)14(20(3)19-13)10-12(17-2)9-11-7-5-6-8-18-11/h5-8,12,17H,4,9-10H2,1-3H3. The maximum Gasteiger partial charge on any atom is 0.0850 e. The van der Waals surface area contributed by atoms with E-state index in [1.165, 1.54) is 0 Å². The third-order valence-electron chi connectivity index (χ3n) is 3.53. The average molecular weight is 293 g/mol. The lowest BCUT2D eigenvalue weighted by molar-refractivity contribution is 0.528. The topological polar surface area (TPSA) is 42.7 Å². The molecule has 0 aliphatic carbocycles. The number of halogens is 1. The molecule has 0 aliphatic rings. The summed E-state index contributed by atoms with van der Waals surface area (Å²) in [5, 5.41) is 8.61. The molecule has 1 atom stereocenters. The highest BCUT2D eigenvalue weighted by Gasteiger charge is 2.17. The van der Waals surface area contributed by atoms with Crippen molar-refractivity contribution in [1.82, 2.24) is 20.1 Å². The number of hydrogen-bond acceptors (Lipinski definition) is 3. The Bertz CT molecular complexity index is 551. The highest BCUT2D eigenvalue weighted by Crippen LogP contribution is 2.22. The molecule has 0 fully saturated rings. The van der Waals surface area contributed by atoms with E-state index in [4.69, 9.17) is 11.6 Å². The minimum Gasteiger partial charge on any atom is -0.316 e. The second-order valence-corrected chi connectivity index (χ2v) is 5.28. The normalized spacial score (nSPS) is 12.6. The Labute approximate surface area is 125 Å². The van der Waals surface area contributed by atoms with Crippen LogP contribution in [0.3, 0.4) is 0 Å². The van der Waals surface area contributed by atoms with Crippen LogP contribution in [0.5, 0.6) is 0 Å². The summed E-state index contributed by atoms with van der Waals surface area (Å²) in [7, 11) is 3.92. The molecule has 0 radical (unpaired) electrons. The summed E-state index contributed by atoms with van der Waals surface area (Å²) in [6, 6.07) is 6.29. The molecule has 2 aromatic rings. The van der Waals surface area contributed by atoms with Crippen molar-refractivity contribution in [2.45, 2.75) is 32.2 Å². The third kappa shape index (κ3) is 3.38. The third-order valence-corrected chi connectivity index (χ3v) is 3.97. The van der Waals surface area contributed by atoms with Crippen molar-refractivity contribution < 1.29 is 0 Å². The fraction of sp³-hybridized carbons (Fsp3) is 0.467. The van der Waals surface area contributed by atoms with Crippen LogP contribution >= 0.6 is 11.6 Å². The molecule has 0 bridgehead atoms. The molecule has 0 aromatic carbocycles. The highest BCUT2D eigenvalue weighted by molar-refractivity contribution is 6.31. The molecule has 5 heteroatoms. The van der Waals surface area contributed by atoms with Crippen LogP contribution in [0.4, 0.5) is 0 Å². The second kappa shape index (κ2) is 6.86. The minimum atomic E-state index is 0.294. The molecule has 0 amide bonds. The smallest absolute Gasteiger partial charge is 0.0850 e. The monoisotopic (exact) mass is 292 g/mol. The molecule has 0 spiro atoms. The molecule has 1 unspecified atom stereocenters. The van der Waals surface area contributed by atoms with Crippen LogP contribution in [-0.4, -0.2) is 27.9 Å². The molecule has 0 aliphatic heterocycles. The van der Waals surface area contributed by atoms with Gasteiger partial charge in [0.25, 0.3) is 0 Å². The largest absolute Gasteiger partial charge is 0.316 e. The summed E-state index contributed by atoms with van der Waals surface area (Å²) in [6.07, 6.45) is 4.40. The van der Waals surface area contributed by atoms with Crippen molar-refractivity contribution in [2.24, 2.45) is 7.05 Å². The van der Waals surface area contributed by atoms with E-state index in [-0.39, 0.29) is 0 Å². The molecule has 1 N–H and O–H groups in total. The van der Waals surface area contributed by atoms with Gasteiger partial charge in [-0.1, -0.05) is 24.6 Å². The average Bonchev–Trinajstić information content (AvgIpc) is 2.74. The van der Waals surface area contributed by atoms with Gasteiger partial charge in [0.15, 0.2) is 0 Å². The Morgan fingerprint density at radius 1 is 1.35 bits per heavy atom. The summed E-state index contributed by atoms with van der Waals surface area (Å²) in [5.74, 6) is 0. The van der Waals surface area contributed by atoms with Gasteiger partial charge in [-0.05, 0) is 25.6 Å². The molecule has 20 heavy (non-hydrogen) atoms. The molecule has 0 saturated carbocycles. The molecule has 2 rings (SSSR count). The van der Waals surface area contributed by atoms with E-state index < -0.39 is 0 Å². The molecule has 4 nitrogen and oxygen atoms in total. The lowest BCUT2D eigenvalue weighted by Crippen LogP contribution is -2.31. The summed E-state index contributed by atoms with van der Waals surface area (Å²) in [4.78, 5) is 4.38. The minimum absolute atomic E-state index is 0.294. The fourth-order valence-corrected chi connectivity index (χ4v) is 2.69. The molecule has 108 valence electrons. The van der Waals surface area contributed by atoms with E-state index >= 15 is 0 Å². The zero-order valence-corrected chi connectivity index (χ0v) is 13.0. The van der Waals surface area contributed by atoms with Gasteiger partial charge in [0, 0.05) is 37.8 Å². The van der Waals surface area contributed by atoms with E-state index in [9.17, 15) is 0 Å². The van der Waals surface area contributed by atoms with Gasteiger partial charge in [0.1, 0.15) is 0 Å². The number of nitrogens with zero attached hydrogens (tertiary/aromatic N) is 3. The van der Waals surface area contributed by atoms with Gasteiger partial charge in [0.05, 0.1) is 16.4 Å². The first-order valence-corrected chi connectivity index (χ1v) is 7.30. The molecule has 2 heterocycles. The van der Waals surface area contributed by atoms with Crippen LogP contribution < -0.4 is 5.32 Å². The number of aromatic nitrogens is 3. The SMILES string of the molecule is CCc1nn(C)c(CC(Cc2ccccn2)NC)c1Cl. The number of likely N-dealkylation sites (N-methyl/N-ethyl adjacent to an activating group) is 1. The van der Waals surface area contributed by atoms with E-state index in [0.717, 1.165) is 41.4 Å². The van der Waals surface area contributed by atoms with Gasteiger partial charge >= 0.3 is 0 Å². The maximum absolute atomic E-state index is 6.41. The van der Waals surface area contributed by atoms with Gasteiger partial charge in [-0.3, -0.25) is 9.67 Å². The predicted octanol–water partition coefficient (Wildman–Crippen LogP) is 2.40. The van der Waals surface area contributed by atoms with Crippen molar-refractivity contribution in [3.63, 3.8) is 0 Å². The second-order valence-electron chi connectivity index (χ2n) is 4.90. The molecular weight excluding hydrogens is 272 g/mol. The van der Waals surface area contributed by atoms with E-state index in [0.29, 0.717) is 6.04 Å². The van der Waals surface area contributed by atoms with Crippen molar-refractivity contribution >= 4 is 11.6 Å². The Hall–Kier alpha value is -1.39. The Balaban J connectivity index is 2.12. The molecule has 2 aromatic heterocycles. The van der Waals surface area contributed by atoms with Crippen LogP contribution in [0.25, 0.3) is 0 Å². The lowest BCUT2D eigenvalue weighted by Gasteiger charge is -2.16. The first kappa shape index (κ1) is 15.0. The van der Waals surface area contributed by atoms with Gasteiger partial charge in [-0.15, -0.1) is 0 Å². The van der Waals surface area contributed by atoms with Gasteiger partial charge < -0.3 is 5.32 Å². The zero-order chi connectivity index (χ0) is 14.5. The summed E-state index contributed by atoms with van der Waals surface area (Å²) in [6.45, 7) is 2.07. The number of hydrogen-bond donors (Lipinski definition) is 1. The highest BCUT2D eigenvalue weighted by atomic mass is 35.5. The predicted molar refractivity (Wildman–Crippen MR) is 82.1 cm³/mol. The quantitative estimate of drug-likeness (QED) is 0.889. The first-order chi connectivity index (χ1) is 9.65. The first-order valence-electron chi connectivity index (χ1n) is 6.93. The van der Waals surface area contributed by atoms with Crippen LogP contribution in [0.15, 0.2) is 24.4 Å². The lowest BCUT2D eigenvalue weighted by atomic mass is 10.0. The summed E-state index contributed by atoms with van der Waals surface area (Å²) < 4.78 is 1.89. The number of nitrogens with one attached hydrogen (secondary N) is 1. The number of aryl methyl sites for hydroxylation is 2. The molecular formula is C15H21ClN4. The maximum atomic E-state index is 6.41. The summed E-state index contributed by atoms with van der Waals surface area (Å²) >= 11 is 6.41. The van der Waals surface area contributed by atoms with Crippen molar-refractivity contribution in [1.29, 1.82) is 0 Å². The van der Waals surface area contributed by atoms with Crippen molar-refractivity contribution in [3.8, 4) is 0 Å². The van der Waals surface area contributed by atoms with Crippen molar-refractivity contribution in [2.75, 3.05) is 7.05 Å². The van der Waals surface area contributed by atoms with Crippen LogP contribution in [0.1, 0.15) is 24.0 Å². The van der Waals surface area contributed by atoms with Gasteiger partial charge in [-0.25, -0.2) is 0 Å². The van der Waals surface area contributed by atoms with E-state index in [1.54, 1.807) is 0 Å². The van der Waals surface area contributed by atoms with Crippen molar-refractivity contribution in [3.05, 3.63) is 46.5 Å². The van der Waals surface area contributed by atoms with E-state index in [2.05, 4.69) is 22.3 Å². The Morgan fingerprint density at radius 2 is 2.15 bits per heavy atom. The van der Waals surface area contributed by atoms with E-state index in [1.807, 2.05) is 43.2 Å². The van der Waals surface area contributed by atoms with Gasteiger partial charge in [0.2, 0.25) is 0 Å². The Morgan fingerprint density at radius 3 is 2.70 bits per heavy atom. The summed E-state index contributed by atoms with van der Waals surface area (Å²) in [5.41, 5.74) is 3.14. The van der Waals surface area contributed by atoms with Crippen LogP contribution in [0, 0.1) is 0 Å². The fourth-order valence-electron chi connectivity index (χ4n) is 2.32. The van der Waals surface area contributed by atoms with Gasteiger partial charge in [-0.2, -0.15) is 5.10 Å². The number of pyridine rings is 1. The Kier molecular flexibility index (Phi) is 5.15. The van der Waals surface area contributed by atoms with Crippen LogP contribution in [0.2, 0.25) is 5.02 Å². The molecule has 0 saturated heterocycles. The van der Waals surface area contributed by atoms with Crippen LogP contribution in [-0.2, 0) is 26.3 Å². The number of rotatable bonds is 6. The zero-order valence-electron chi connectivity index (χ0n) is 12.2.